The van der Waals surface area contributed by atoms with Gasteiger partial charge in [-0.05, 0) is 112 Å². The number of halogens is 1. The van der Waals surface area contributed by atoms with Gasteiger partial charge in [-0.25, -0.2) is 15.0 Å². The van der Waals surface area contributed by atoms with E-state index < -0.39 is 11.9 Å². The van der Waals surface area contributed by atoms with Crippen molar-refractivity contribution in [1.29, 1.82) is 0 Å². The van der Waals surface area contributed by atoms with E-state index in [1.807, 2.05) is 56.3 Å². The molecule has 71 heavy (non-hydrogen) atoms. The Balaban J connectivity index is 0.677. The minimum atomic E-state index is -0.733. The maximum Gasteiger partial charge on any atom is 0.267 e. The summed E-state index contributed by atoms with van der Waals surface area (Å²) < 4.78 is 6.02. The van der Waals surface area contributed by atoms with Gasteiger partial charge in [-0.3, -0.25) is 33.8 Å². The predicted octanol–water partition coefficient (Wildman–Crippen LogP) is 8.95. The molecule has 0 radical (unpaired) electrons. The number of nitrogens with one attached hydrogen (secondary N) is 3. The number of anilines is 5. The van der Waals surface area contributed by atoms with E-state index in [-0.39, 0.29) is 43.0 Å². The van der Waals surface area contributed by atoms with Crippen LogP contribution in [0.4, 0.5) is 39.5 Å². The number of unbranched alkanes of at least 4 members (excludes halogenated alkanes) is 1. The molecule has 1 unspecified atom stereocenters. The van der Waals surface area contributed by atoms with Gasteiger partial charge in [0.2, 0.25) is 5.91 Å². The number of piperidine rings is 1. The van der Waals surface area contributed by atoms with Gasteiger partial charge in [0.25, 0.3) is 23.6 Å². The molecule has 3 aliphatic heterocycles. The molecule has 0 bridgehead atoms. The third-order valence-corrected chi connectivity index (χ3v) is 13.8. The number of carbonyl (C=O) groups is 5. The van der Waals surface area contributed by atoms with E-state index in [1.54, 1.807) is 48.5 Å². The number of imide groups is 1. The first kappa shape index (κ1) is 48.4. The molecule has 20 heteroatoms. The first-order chi connectivity index (χ1) is 34.4. The van der Waals surface area contributed by atoms with Gasteiger partial charge in [-0.1, -0.05) is 41.1 Å². The zero-order valence-corrected chi connectivity index (χ0v) is 40.9. The number of hydrogen-bond donors (Lipinski definition) is 3. The summed E-state index contributed by atoms with van der Waals surface area (Å²) in [6.45, 7) is 8.96. The number of nitrogens with zero attached hydrogens (tertiary/aromatic N) is 9. The van der Waals surface area contributed by atoms with Crippen LogP contribution < -0.4 is 25.6 Å². The Hall–Kier alpha value is -7.61. The second-order valence-electron chi connectivity index (χ2n) is 17.4. The highest BCUT2D eigenvalue weighted by Crippen LogP contribution is 2.34. The molecule has 18 nitrogen and oxygen atoms in total. The Kier molecular flexibility index (Phi) is 14.7. The first-order valence-corrected chi connectivity index (χ1v) is 24.5. The maximum atomic E-state index is 13.3. The van der Waals surface area contributed by atoms with E-state index in [2.05, 4.69) is 45.9 Å². The van der Waals surface area contributed by atoms with Crippen molar-refractivity contribution in [2.24, 2.45) is 10.2 Å². The van der Waals surface area contributed by atoms with Gasteiger partial charge in [-0.2, -0.15) is 10.2 Å². The lowest BCUT2D eigenvalue weighted by Crippen LogP contribution is -2.53. The van der Waals surface area contributed by atoms with Crippen molar-refractivity contribution in [3.63, 3.8) is 0 Å². The number of aryl methyl sites for hydroxylation is 2. The molecule has 2 fully saturated rings. The van der Waals surface area contributed by atoms with Gasteiger partial charge in [-0.15, -0.1) is 0 Å². The van der Waals surface area contributed by atoms with Crippen molar-refractivity contribution in [2.45, 2.75) is 52.1 Å². The lowest BCUT2D eigenvalue weighted by atomic mass is 10.0. The highest BCUT2D eigenvalue weighted by Gasteiger charge is 2.42. The van der Waals surface area contributed by atoms with Crippen LogP contribution in [0.1, 0.15) is 73.0 Å². The molecule has 9 rings (SSSR count). The number of benzene rings is 4. The second kappa shape index (κ2) is 21.6. The number of hydrogen-bond acceptors (Lipinski definition) is 15. The summed E-state index contributed by atoms with van der Waals surface area (Å²) in [6, 6.07) is 25.9. The molecule has 3 aliphatic rings. The van der Waals surface area contributed by atoms with Crippen LogP contribution in [-0.4, -0.2) is 112 Å². The molecule has 4 aromatic carbocycles. The SMILES string of the molecule is Cc1nc(Nc2ncc(C(=O)Nc3c(C)cccc3Cl)s2)cc(N2CCN(CCCCOc3ccc(N=Nc4ccc(C(=O)Nc5cccc6c5CN(C5CCC(=O)N(C)C5=O)C6=O)cc4)cc3)CC2)n1. The number of rotatable bonds is 16. The van der Waals surface area contributed by atoms with Crippen LogP contribution in [-0.2, 0) is 16.1 Å². The predicted molar refractivity (Wildman–Crippen MR) is 272 cm³/mol. The number of para-hydroxylation sites is 1. The molecule has 2 saturated heterocycles. The molecule has 5 heterocycles. The number of carbonyl (C=O) groups excluding carboxylic acids is 5. The van der Waals surface area contributed by atoms with E-state index in [0.29, 0.717) is 72.7 Å². The number of piperazine rings is 1. The van der Waals surface area contributed by atoms with Crippen LogP contribution >= 0.6 is 22.9 Å². The third-order valence-electron chi connectivity index (χ3n) is 12.6. The van der Waals surface area contributed by atoms with Gasteiger partial charge in [0.05, 0.1) is 34.9 Å². The minimum Gasteiger partial charge on any atom is -0.494 e. The molecular formula is C51H51ClN12O6S. The average molecular weight is 996 g/mol. The van der Waals surface area contributed by atoms with Crippen LogP contribution in [0.15, 0.2) is 107 Å². The Morgan fingerprint density at radius 2 is 1.59 bits per heavy atom. The van der Waals surface area contributed by atoms with Gasteiger partial charge in [0, 0.05) is 74.6 Å². The maximum absolute atomic E-state index is 13.3. The smallest absolute Gasteiger partial charge is 0.267 e. The number of ether oxygens (including phenoxy) is 1. The largest absolute Gasteiger partial charge is 0.494 e. The average Bonchev–Trinajstić information content (AvgIpc) is 3.98. The number of amides is 5. The minimum absolute atomic E-state index is 0.154. The summed E-state index contributed by atoms with van der Waals surface area (Å²) in [4.78, 5) is 85.8. The molecule has 0 spiro atoms. The summed E-state index contributed by atoms with van der Waals surface area (Å²) in [7, 11) is 1.43. The standard InChI is InChI=1S/C51H51ClN12O6S/c1-31-8-6-10-39(52)46(31)58-48(67)42-29-53-51(71-42)57-43-28-44(55-32(2)54-43)63-25-23-62(24-26-63)22-4-5-27-70-36-18-16-35(17-19-36)60-59-34-14-12-33(13-15-34)47(66)56-40-11-7-9-37-38(40)30-64(49(37)68)41-20-21-45(65)61(3)50(41)69/h6-19,28-29,41H,4-5,20-27,30H2,1-3H3,(H,56,66)(H,58,67)(H,53,54,55,57). The number of thiazole rings is 1. The monoisotopic (exact) mass is 994 g/mol. The van der Waals surface area contributed by atoms with Crippen molar-refractivity contribution < 1.29 is 28.7 Å². The van der Waals surface area contributed by atoms with Gasteiger partial charge < -0.3 is 30.5 Å². The molecule has 1 atom stereocenters. The third kappa shape index (κ3) is 11.4. The summed E-state index contributed by atoms with van der Waals surface area (Å²) in [6.07, 6.45) is 3.89. The fourth-order valence-electron chi connectivity index (χ4n) is 8.63. The van der Waals surface area contributed by atoms with Crippen LogP contribution in [0.3, 0.4) is 0 Å². The van der Waals surface area contributed by atoms with Crippen LogP contribution in [0, 0.1) is 13.8 Å². The Bertz CT molecular complexity index is 2990. The highest BCUT2D eigenvalue weighted by atomic mass is 35.5. The number of likely N-dealkylation sites (N-methyl/N-ethyl adjacent to an activating group) is 1. The first-order valence-electron chi connectivity index (χ1n) is 23.3. The fraction of sp³-hybridized carbons (Fsp3) is 0.294. The van der Waals surface area contributed by atoms with Crippen molar-refractivity contribution in [3.05, 3.63) is 135 Å². The number of likely N-dealkylation sites (tertiary alicyclic amines) is 1. The molecule has 364 valence electrons. The number of azo groups is 1. The zero-order chi connectivity index (χ0) is 49.6. The molecule has 6 aromatic rings. The summed E-state index contributed by atoms with van der Waals surface area (Å²) >= 11 is 7.54. The van der Waals surface area contributed by atoms with Gasteiger partial charge in [0.1, 0.15) is 34.1 Å². The zero-order valence-electron chi connectivity index (χ0n) is 39.4. The highest BCUT2D eigenvalue weighted by molar-refractivity contribution is 7.17. The van der Waals surface area contributed by atoms with E-state index in [4.69, 9.17) is 21.3 Å². The molecule has 5 amide bonds. The lowest BCUT2D eigenvalue weighted by Gasteiger charge is -2.35. The van der Waals surface area contributed by atoms with E-state index >= 15 is 0 Å². The van der Waals surface area contributed by atoms with Crippen LogP contribution in [0.5, 0.6) is 5.75 Å². The quantitative estimate of drug-likeness (QED) is 0.0472. The molecule has 2 aromatic heterocycles. The molecule has 3 N–H and O–H groups in total. The topological polar surface area (TPSA) is 207 Å². The number of fused-ring (bicyclic) bond motifs is 1. The van der Waals surface area contributed by atoms with E-state index in [0.717, 1.165) is 67.6 Å². The van der Waals surface area contributed by atoms with Crippen molar-refractivity contribution in [2.75, 3.05) is 67.2 Å². The lowest BCUT2D eigenvalue weighted by molar-refractivity contribution is -0.150. The van der Waals surface area contributed by atoms with Crippen LogP contribution in [0.25, 0.3) is 0 Å². The second-order valence-corrected chi connectivity index (χ2v) is 18.8. The fourth-order valence-corrected chi connectivity index (χ4v) is 9.61. The molecule has 0 aliphatic carbocycles. The Morgan fingerprint density at radius 3 is 2.34 bits per heavy atom. The Labute approximate surface area is 419 Å². The molecule has 0 saturated carbocycles. The summed E-state index contributed by atoms with van der Waals surface area (Å²) in [5.41, 5.74) is 4.60. The van der Waals surface area contributed by atoms with Gasteiger partial charge in [0.15, 0.2) is 5.13 Å². The summed E-state index contributed by atoms with van der Waals surface area (Å²) in [5, 5.41) is 18.8. The van der Waals surface area contributed by atoms with Crippen LogP contribution in [0.2, 0.25) is 5.02 Å². The normalized spacial score (nSPS) is 16.1. The molecular weight excluding hydrogens is 944 g/mol. The van der Waals surface area contributed by atoms with Crippen molar-refractivity contribution in [3.8, 4) is 5.75 Å². The van der Waals surface area contributed by atoms with Crippen molar-refractivity contribution in [1.82, 2.24) is 29.7 Å². The number of aromatic nitrogens is 3. The van der Waals surface area contributed by atoms with Gasteiger partial charge >= 0.3 is 0 Å². The van der Waals surface area contributed by atoms with E-state index in [9.17, 15) is 24.0 Å². The van der Waals surface area contributed by atoms with Crippen molar-refractivity contribution >= 4 is 92.0 Å². The summed E-state index contributed by atoms with van der Waals surface area (Å²) in [5.74, 6) is 1.22. The van der Waals surface area contributed by atoms with E-state index in [1.165, 1.54) is 29.5 Å². The Morgan fingerprint density at radius 1 is 0.859 bits per heavy atom.